The molecule has 66 valence electrons. The third-order valence-corrected chi connectivity index (χ3v) is 1.91. The summed E-state index contributed by atoms with van der Waals surface area (Å²) in [4.78, 5) is 1.20. The van der Waals surface area contributed by atoms with Gasteiger partial charge in [-0.1, -0.05) is 0 Å². The highest BCUT2D eigenvalue weighted by molar-refractivity contribution is 4.86. The molecule has 0 aromatic heterocycles. The minimum atomic E-state index is -4.17. The highest BCUT2D eigenvalue weighted by atomic mass is 19.4. The fraction of sp³-hybridized carbons (Fsp3) is 1.00. The van der Waals surface area contributed by atoms with Gasteiger partial charge in [0.2, 0.25) is 0 Å². The lowest BCUT2D eigenvalue weighted by Crippen LogP contribution is -2.58. The number of nitrogens with zero attached hydrogens (tertiary/aromatic N) is 1. The summed E-state index contributed by atoms with van der Waals surface area (Å²) in [6.45, 7) is 1.38. The Balaban J connectivity index is 2.38. The standard InChI is InChI=1S/C6H10F3NO/c1-4(6(7,8)9)10-2-5(11)3-10/h4-5,11H,2-3H2,1H3/t4-/m1/s1. The van der Waals surface area contributed by atoms with Crippen molar-refractivity contribution in [1.29, 1.82) is 0 Å². The van der Waals surface area contributed by atoms with Crippen LogP contribution < -0.4 is 0 Å². The molecule has 0 spiro atoms. The summed E-state index contributed by atoms with van der Waals surface area (Å²) >= 11 is 0. The van der Waals surface area contributed by atoms with Crippen LogP contribution in [0.15, 0.2) is 0 Å². The van der Waals surface area contributed by atoms with Gasteiger partial charge in [0.25, 0.3) is 0 Å². The third kappa shape index (κ3) is 1.84. The van der Waals surface area contributed by atoms with Gasteiger partial charge in [0.1, 0.15) is 6.04 Å². The highest BCUT2D eigenvalue weighted by Crippen LogP contribution is 2.27. The summed E-state index contributed by atoms with van der Waals surface area (Å²) in [6, 6.07) is -1.43. The highest BCUT2D eigenvalue weighted by Gasteiger charge is 2.44. The summed E-state index contributed by atoms with van der Waals surface area (Å²) in [6.07, 6.45) is -4.74. The first-order valence-electron chi connectivity index (χ1n) is 3.40. The molecule has 0 aromatic carbocycles. The topological polar surface area (TPSA) is 23.5 Å². The van der Waals surface area contributed by atoms with Crippen molar-refractivity contribution in [2.24, 2.45) is 0 Å². The molecule has 0 saturated carbocycles. The van der Waals surface area contributed by atoms with E-state index in [9.17, 15) is 13.2 Å². The summed E-state index contributed by atoms with van der Waals surface area (Å²) in [5, 5.41) is 8.72. The zero-order valence-corrected chi connectivity index (χ0v) is 6.10. The molecule has 0 bridgehead atoms. The van der Waals surface area contributed by atoms with E-state index >= 15 is 0 Å². The molecule has 1 rings (SSSR count). The van der Waals surface area contributed by atoms with Gasteiger partial charge in [0.15, 0.2) is 0 Å². The van der Waals surface area contributed by atoms with Crippen molar-refractivity contribution in [3.63, 3.8) is 0 Å². The fourth-order valence-electron chi connectivity index (χ4n) is 1.01. The van der Waals surface area contributed by atoms with Crippen LogP contribution in [0.5, 0.6) is 0 Å². The van der Waals surface area contributed by atoms with Gasteiger partial charge in [-0.2, -0.15) is 13.2 Å². The summed E-state index contributed by atoms with van der Waals surface area (Å²) in [5.74, 6) is 0. The first-order valence-corrected chi connectivity index (χ1v) is 3.40. The molecule has 0 amide bonds. The van der Waals surface area contributed by atoms with Crippen molar-refractivity contribution >= 4 is 0 Å². The van der Waals surface area contributed by atoms with E-state index in [0.717, 1.165) is 6.92 Å². The van der Waals surface area contributed by atoms with E-state index in [4.69, 9.17) is 5.11 Å². The minimum Gasteiger partial charge on any atom is -0.390 e. The Bertz CT molecular complexity index is 141. The Morgan fingerprint density at radius 1 is 1.45 bits per heavy atom. The van der Waals surface area contributed by atoms with Crippen molar-refractivity contribution in [2.75, 3.05) is 13.1 Å². The summed E-state index contributed by atoms with van der Waals surface area (Å²) in [5.41, 5.74) is 0. The number of hydrogen-bond acceptors (Lipinski definition) is 2. The lowest BCUT2D eigenvalue weighted by atomic mass is 10.1. The maximum atomic E-state index is 11.9. The molecule has 1 atom stereocenters. The van der Waals surface area contributed by atoms with Gasteiger partial charge < -0.3 is 5.11 Å². The van der Waals surface area contributed by atoms with Crippen molar-refractivity contribution in [2.45, 2.75) is 25.2 Å². The summed E-state index contributed by atoms with van der Waals surface area (Å²) < 4.78 is 35.8. The van der Waals surface area contributed by atoms with E-state index in [-0.39, 0.29) is 13.1 Å². The molecule has 5 heteroatoms. The van der Waals surface area contributed by atoms with Crippen LogP contribution in [0.2, 0.25) is 0 Å². The Morgan fingerprint density at radius 3 is 2.18 bits per heavy atom. The molecule has 1 heterocycles. The van der Waals surface area contributed by atoms with Crippen LogP contribution in [-0.2, 0) is 0 Å². The molecule has 1 aliphatic heterocycles. The SMILES string of the molecule is C[C@@H](N1CC(O)C1)C(F)(F)F. The van der Waals surface area contributed by atoms with E-state index in [1.54, 1.807) is 0 Å². The van der Waals surface area contributed by atoms with Crippen LogP contribution in [0.4, 0.5) is 13.2 Å². The second-order valence-corrected chi connectivity index (χ2v) is 2.83. The number of β-amino-alcohol motifs (C(OH)–C–C–N with tert-alkyl or cyclic N) is 1. The largest absolute Gasteiger partial charge is 0.403 e. The van der Waals surface area contributed by atoms with Gasteiger partial charge in [-0.3, -0.25) is 4.90 Å². The lowest BCUT2D eigenvalue weighted by Gasteiger charge is -2.40. The predicted molar refractivity (Wildman–Crippen MR) is 33.1 cm³/mol. The number of likely N-dealkylation sites (tertiary alicyclic amines) is 1. The Morgan fingerprint density at radius 2 is 1.91 bits per heavy atom. The number of alkyl halides is 3. The van der Waals surface area contributed by atoms with Crippen LogP contribution in [0.3, 0.4) is 0 Å². The number of rotatable bonds is 1. The van der Waals surface area contributed by atoms with Gasteiger partial charge in [-0.25, -0.2) is 0 Å². The minimum absolute atomic E-state index is 0.140. The Labute approximate surface area is 62.6 Å². The van der Waals surface area contributed by atoms with Crippen molar-refractivity contribution in [3.05, 3.63) is 0 Å². The van der Waals surface area contributed by atoms with Gasteiger partial charge in [0, 0.05) is 13.1 Å². The van der Waals surface area contributed by atoms with E-state index < -0.39 is 18.3 Å². The smallest absolute Gasteiger partial charge is 0.390 e. The monoisotopic (exact) mass is 169 g/mol. The van der Waals surface area contributed by atoms with Gasteiger partial charge in [-0.05, 0) is 6.92 Å². The third-order valence-electron chi connectivity index (χ3n) is 1.91. The van der Waals surface area contributed by atoms with Crippen molar-refractivity contribution in [3.8, 4) is 0 Å². The maximum Gasteiger partial charge on any atom is 0.403 e. The van der Waals surface area contributed by atoms with Crippen LogP contribution in [0.1, 0.15) is 6.92 Å². The molecule has 1 saturated heterocycles. The zero-order valence-electron chi connectivity index (χ0n) is 6.10. The summed E-state index contributed by atoms with van der Waals surface area (Å²) in [7, 11) is 0. The molecular formula is C6H10F3NO. The first kappa shape index (κ1) is 8.80. The van der Waals surface area contributed by atoms with Crippen molar-refractivity contribution in [1.82, 2.24) is 4.90 Å². The predicted octanol–water partition coefficient (Wildman–Crippen LogP) is 0.614. The fourth-order valence-corrected chi connectivity index (χ4v) is 1.01. The number of halogens is 3. The molecule has 0 unspecified atom stereocenters. The number of aliphatic hydroxyl groups is 1. The van der Waals surface area contributed by atoms with Gasteiger partial charge in [-0.15, -0.1) is 0 Å². The molecule has 11 heavy (non-hydrogen) atoms. The number of aliphatic hydroxyl groups excluding tert-OH is 1. The molecule has 1 fully saturated rings. The molecular weight excluding hydrogens is 159 g/mol. The second-order valence-electron chi connectivity index (χ2n) is 2.83. The maximum absolute atomic E-state index is 11.9. The number of hydrogen-bond donors (Lipinski definition) is 1. The van der Waals surface area contributed by atoms with E-state index in [0.29, 0.717) is 0 Å². The Hall–Kier alpha value is -0.290. The normalized spacial score (nSPS) is 24.8. The molecule has 1 aliphatic rings. The first-order chi connectivity index (χ1) is 4.91. The zero-order chi connectivity index (χ0) is 8.65. The second kappa shape index (κ2) is 2.64. The quantitative estimate of drug-likeness (QED) is 0.621. The molecule has 2 nitrogen and oxygen atoms in total. The van der Waals surface area contributed by atoms with Crippen molar-refractivity contribution < 1.29 is 18.3 Å². The average molecular weight is 169 g/mol. The van der Waals surface area contributed by atoms with E-state index in [1.165, 1.54) is 4.90 Å². The lowest BCUT2D eigenvalue weighted by molar-refractivity contribution is -0.199. The van der Waals surface area contributed by atoms with Crippen LogP contribution in [0.25, 0.3) is 0 Å². The van der Waals surface area contributed by atoms with E-state index in [1.807, 2.05) is 0 Å². The van der Waals surface area contributed by atoms with Crippen LogP contribution in [-0.4, -0.2) is 41.4 Å². The van der Waals surface area contributed by atoms with Crippen LogP contribution >= 0.6 is 0 Å². The Kier molecular flexibility index (Phi) is 2.11. The molecule has 0 radical (unpaired) electrons. The van der Waals surface area contributed by atoms with E-state index in [2.05, 4.69) is 0 Å². The molecule has 0 aliphatic carbocycles. The van der Waals surface area contributed by atoms with Gasteiger partial charge in [0.05, 0.1) is 6.10 Å². The van der Waals surface area contributed by atoms with Crippen LogP contribution in [0, 0.1) is 0 Å². The average Bonchev–Trinajstić information content (AvgIpc) is 1.77. The molecule has 1 N–H and O–H groups in total. The van der Waals surface area contributed by atoms with Gasteiger partial charge >= 0.3 is 6.18 Å². The molecule has 0 aromatic rings.